The second kappa shape index (κ2) is 7.90. The normalized spacial score (nSPS) is 12.5. The minimum absolute atomic E-state index is 0.261. The van der Waals surface area contributed by atoms with Gasteiger partial charge in [0.05, 0.1) is 6.61 Å². The van der Waals surface area contributed by atoms with E-state index in [2.05, 4.69) is 18.8 Å². The smallest absolute Gasteiger partial charge is 0.231 e. The molecule has 0 fully saturated rings. The quantitative estimate of drug-likeness (QED) is 0.560. The molecule has 21 heavy (non-hydrogen) atoms. The first-order valence-electron chi connectivity index (χ1n) is 7.16. The molecule has 116 valence electrons. The van der Waals surface area contributed by atoms with Gasteiger partial charge in [0.15, 0.2) is 11.5 Å². The second-order valence-corrected chi connectivity index (χ2v) is 4.87. The molecule has 1 aliphatic heterocycles. The van der Waals surface area contributed by atoms with Crippen LogP contribution in [0.3, 0.4) is 0 Å². The summed E-state index contributed by atoms with van der Waals surface area (Å²) in [6.07, 6.45) is 0.909. The lowest BCUT2D eigenvalue weighted by Gasteiger charge is -2.14. The number of ether oxygens (including phenoxy) is 4. The Hall–Kier alpha value is -1.72. The Balaban J connectivity index is 2.06. The summed E-state index contributed by atoms with van der Waals surface area (Å²) in [6, 6.07) is 3.85. The van der Waals surface area contributed by atoms with Crippen LogP contribution in [0.4, 0.5) is 0 Å². The van der Waals surface area contributed by atoms with E-state index in [1.807, 2.05) is 12.1 Å². The third-order valence-corrected chi connectivity index (χ3v) is 3.29. The molecule has 0 bridgehead atoms. The monoisotopic (exact) mass is 293 g/mol. The second-order valence-electron chi connectivity index (χ2n) is 4.87. The Morgan fingerprint density at radius 3 is 2.81 bits per heavy atom. The predicted octanol–water partition coefficient (Wildman–Crippen LogP) is 2.50. The van der Waals surface area contributed by atoms with Crippen LogP contribution in [0, 0.1) is 0 Å². The van der Waals surface area contributed by atoms with Crippen LogP contribution in [-0.2, 0) is 11.3 Å². The molecule has 0 amide bonds. The summed E-state index contributed by atoms with van der Waals surface area (Å²) in [5, 5.41) is 3.31. The zero-order valence-corrected chi connectivity index (χ0v) is 12.7. The SMILES string of the molecule is C=C(CC)COc1cc2c(cc1CNCCOC)OCO2. The first-order valence-corrected chi connectivity index (χ1v) is 7.16. The number of methoxy groups -OCH3 is 1. The molecular formula is C16H23NO4. The molecule has 0 saturated carbocycles. The van der Waals surface area contributed by atoms with Crippen molar-refractivity contribution in [1.82, 2.24) is 5.32 Å². The van der Waals surface area contributed by atoms with Crippen molar-refractivity contribution in [1.29, 1.82) is 0 Å². The van der Waals surface area contributed by atoms with E-state index in [0.717, 1.165) is 41.4 Å². The fourth-order valence-corrected chi connectivity index (χ4v) is 1.92. The number of nitrogens with one attached hydrogen (secondary N) is 1. The Kier molecular flexibility index (Phi) is 5.90. The number of hydrogen-bond donors (Lipinski definition) is 1. The zero-order chi connectivity index (χ0) is 15.1. The molecule has 1 heterocycles. The van der Waals surface area contributed by atoms with Gasteiger partial charge in [0.25, 0.3) is 0 Å². The minimum Gasteiger partial charge on any atom is -0.489 e. The zero-order valence-electron chi connectivity index (χ0n) is 12.7. The van der Waals surface area contributed by atoms with E-state index in [-0.39, 0.29) is 6.79 Å². The highest BCUT2D eigenvalue weighted by Gasteiger charge is 2.18. The van der Waals surface area contributed by atoms with Crippen molar-refractivity contribution in [2.24, 2.45) is 0 Å². The summed E-state index contributed by atoms with van der Waals surface area (Å²) in [5.41, 5.74) is 2.10. The van der Waals surface area contributed by atoms with Crippen LogP contribution in [0.25, 0.3) is 0 Å². The molecule has 2 rings (SSSR count). The highest BCUT2D eigenvalue weighted by atomic mass is 16.7. The molecule has 0 unspecified atom stereocenters. The maximum absolute atomic E-state index is 5.87. The van der Waals surface area contributed by atoms with Gasteiger partial charge in [-0.25, -0.2) is 0 Å². The lowest BCUT2D eigenvalue weighted by molar-refractivity contribution is 0.173. The molecule has 0 atom stereocenters. The van der Waals surface area contributed by atoms with Gasteiger partial charge in [0.2, 0.25) is 6.79 Å². The first kappa shape index (κ1) is 15.7. The summed E-state index contributed by atoms with van der Waals surface area (Å²) < 4.78 is 21.7. The van der Waals surface area contributed by atoms with Crippen LogP contribution in [0.2, 0.25) is 0 Å². The van der Waals surface area contributed by atoms with Gasteiger partial charge in [-0.3, -0.25) is 0 Å². The molecule has 1 aromatic rings. The highest BCUT2D eigenvalue weighted by Crippen LogP contribution is 2.38. The van der Waals surface area contributed by atoms with Crippen LogP contribution >= 0.6 is 0 Å². The van der Waals surface area contributed by atoms with Crippen molar-refractivity contribution in [3.05, 3.63) is 29.8 Å². The van der Waals surface area contributed by atoms with Crippen LogP contribution in [0.15, 0.2) is 24.3 Å². The molecule has 1 N–H and O–H groups in total. The van der Waals surface area contributed by atoms with E-state index >= 15 is 0 Å². The number of hydrogen-bond acceptors (Lipinski definition) is 5. The van der Waals surface area contributed by atoms with E-state index in [1.165, 1.54) is 0 Å². The van der Waals surface area contributed by atoms with E-state index in [0.29, 0.717) is 19.8 Å². The lowest BCUT2D eigenvalue weighted by atomic mass is 10.1. The van der Waals surface area contributed by atoms with Gasteiger partial charge in [-0.1, -0.05) is 13.5 Å². The van der Waals surface area contributed by atoms with Crippen molar-refractivity contribution < 1.29 is 18.9 Å². The molecule has 0 aliphatic carbocycles. The maximum atomic E-state index is 5.87. The Labute approximate surface area is 125 Å². The summed E-state index contributed by atoms with van der Waals surface area (Å²) in [6.45, 7) is 8.95. The molecule has 0 spiro atoms. The van der Waals surface area contributed by atoms with E-state index in [4.69, 9.17) is 18.9 Å². The first-order chi connectivity index (χ1) is 10.2. The van der Waals surface area contributed by atoms with E-state index in [9.17, 15) is 0 Å². The Morgan fingerprint density at radius 2 is 2.10 bits per heavy atom. The van der Waals surface area contributed by atoms with Gasteiger partial charge < -0.3 is 24.3 Å². The van der Waals surface area contributed by atoms with Crippen molar-refractivity contribution in [3.8, 4) is 17.2 Å². The standard InChI is InChI=1S/C16H23NO4/c1-4-12(2)10-19-14-8-16-15(20-11-21-16)7-13(14)9-17-5-6-18-3/h7-8,17H,2,4-6,9-11H2,1,3H3. The van der Waals surface area contributed by atoms with Gasteiger partial charge in [-0.15, -0.1) is 0 Å². The fraction of sp³-hybridized carbons (Fsp3) is 0.500. The molecule has 0 saturated heterocycles. The van der Waals surface area contributed by atoms with Gasteiger partial charge in [0, 0.05) is 31.8 Å². The van der Waals surface area contributed by atoms with Crippen LogP contribution < -0.4 is 19.5 Å². The molecule has 1 aliphatic rings. The number of rotatable bonds is 9. The van der Waals surface area contributed by atoms with Crippen molar-refractivity contribution in [3.63, 3.8) is 0 Å². The van der Waals surface area contributed by atoms with Gasteiger partial charge in [-0.05, 0) is 18.1 Å². The molecular weight excluding hydrogens is 270 g/mol. The number of benzene rings is 1. The lowest BCUT2D eigenvalue weighted by Crippen LogP contribution is -2.19. The van der Waals surface area contributed by atoms with Crippen molar-refractivity contribution in [2.45, 2.75) is 19.9 Å². The minimum atomic E-state index is 0.261. The average Bonchev–Trinajstić information content (AvgIpc) is 2.95. The third-order valence-electron chi connectivity index (χ3n) is 3.29. The summed E-state index contributed by atoms with van der Waals surface area (Å²) >= 11 is 0. The predicted molar refractivity (Wildman–Crippen MR) is 81.1 cm³/mol. The number of fused-ring (bicyclic) bond motifs is 1. The van der Waals surface area contributed by atoms with Crippen LogP contribution in [0.5, 0.6) is 17.2 Å². The maximum Gasteiger partial charge on any atom is 0.231 e. The van der Waals surface area contributed by atoms with E-state index < -0.39 is 0 Å². The molecule has 1 aromatic carbocycles. The summed E-state index contributed by atoms with van der Waals surface area (Å²) in [5.74, 6) is 2.30. The summed E-state index contributed by atoms with van der Waals surface area (Å²) in [7, 11) is 1.69. The van der Waals surface area contributed by atoms with Gasteiger partial charge in [0.1, 0.15) is 12.4 Å². The summed E-state index contributed by atoms with van der Waals surface area (Å²) in [4.78, 5) is 0. The average molecular weight is 293 g/mol. The highest BCUT2D eigenvalue weighted by molar-refractivity contribution is 5.51. The van der Waals surface area contributed by atoms with Crippen LogP contribution in [-0.4, -0.2) is 33.7 Å². The van der Waals surface area contributed by atoms with E-state index in [1.54, 1.807) is 7.11 Å². The largest absolute Gasteiger partial charge is 0.489 e. The molecule has 0 radical (unpaired) electrons. The van der Waals surface area contributed by atoms with Crippen molar-refractivity contribution in [2.75, 3.05) is 33.7 Å². The molecule has 5 heteroatoms. The van der Waals surface area contributed by atoms with Gasteiger partial charge in [-0.2, -0.15) is 0 Å². The molecule has 0 aromatic heterocycles. The molecule has 5 nitrogen and oxygen atoms in total. The van der Waals surface area contributed by atoms with Gasteiger partial charge >= 0.3 is 0 Å². The van der Waals surface area contributed by atoms with Crippen LogP contribution in [0.1, 0.15) is 18.9 Å². The Morgan fingerprint density at radius 1 is 1.33 bits per heavy atom. The Bertz CT molecular complexity index is 487. The van der Waals surface area contributed by atoms with Crippen molar-refractivity contribution >= 4 is 0 Å². The third kappa shape index (κ3) is 4.37. The topological polar surface area (TPSA) is 49.0 Å². The fourth-order valence-electron chi connectivity index (χ4n) is 1.92.